The van der Waals surface area contributed by atoms with E-state index < -0.39 is 6.23 Å². The summed E-state index contributed by atoms with van der Waals surface area (Å²) >= 11 is 5.97. The van der Waals surface area contributed by atoms with E-state index in [2.05, 4.69) is 5.32 Å². The van der Waals surface area contributed by atoms with Crippen LogP contribution >= 0.6 is 11.6 Å². The highest BCUT2D eigenvalue weighted by atomic mass is 35.5. The molecule has 4 heteroatoms. The van der Waals surface area contributed by atoms with Gasteiger partial charge in [0.15, 0.2) is 6.23 Å². The fourth-order valence-corrected chi connectivity index (χ4v) is 1.90. The summed E-state index contributed by atoms with van der Waals surface area (Å²) in [4.78, 5) is 0. The lowest BCUT2D eigenvalue weighted by molar-refractivity contribution is 0.178. The van der Waals surface area contributed by atoms with Crippen LogP contribution in [0.4, 0.5) is 0 Å². The molecule has 0 aromatic rings. The third-order valence-corrected chi connectivity index (χ3v) is 2.67. The molecule has 2 atom stereocenters. The molecule has 0 amide bonds. The van der Waals surface area contributed by atoms with E-state index in [4.69, 9.17) is 16.3 Å². The number of halogens is 1. The van der Waals surface area contributed by atoms with Gasteiger partial charge in [0, 0.05) is 17.3 Å². The molecule has 2 unspecified atom stereocenters. The number of alkyl halides is 1. The summed E-state index contributed by atoms with van der Waals surface area (Å²) in [5.74, 6) is 0.741. The van der Waals surface area contributed by atoms with Crippen LogP contribution in [0.15, 0.2) is 35.3 Å². The molecule has 76 valence electrons. The zero-order chi connectivity index (χ0) is 10.1. The molecule has 14 heavy (non-hydrogen) atoms. The van der Waals surface area contributed by atoms with Crippen molar-refractivity contribution in [1.29, 1.82) is 0 Å². The molecule has 1 aliphatic carbocycles. The van der Waals surface area contributed by atoms with E-state index in [9.17, 15) is 5.11 Å². The van der Waals surface area contributed by atoms with Gasteiger partial charge in [-0.15, -0.1) is 11.6 Å². The van der Waals surface area contributed by atoms with Crippen LogP contribution in [0.5, 0.6) is 0 Å². The Morgan fingerprint density at radius 2 is 2.43 bits per heavy atom. The van der Waals surface area contributed by atoms with Gasteiger partial charge in [0.25, 0.3) is 0 Å². The molecule has 2 rings (SSSR count). The van der Waals surface area contributed by atoms with Gasteiger partial charge in [-0.3, -0.25) is 0 Å². The first-order chi connectivity index (χ1) is 6.72. The average molecular weight is 214 g/mol. The first-order valence-corrected chi connectivity index (χ1v) is 4.91. The van der Waals surface area contributed by atoms with Crippen LogP contribution in [0, 0.1) is 0 Å². The zero-order valence-corrected chi connectivity index (χ0v) is 8.58. The van der Waals surface area contributed by atoms with E-state index in [0.29, 0.717) is 0 Å². The topological polar surface area (TPSA) is 41.5 Å². The zero-order valence-electron chi connectivity index (χ0n) is 7.83. The van der Waals surface area contributed by atoms with Crippen molar-refractivity contribution >= 4 is 11.6 Å². The van der Waals surface area contributed by atoms with Crippen LogP contribution in [0.3, 0.4) is 0 Å². The fraction of sp³-hybridized carbons (Fsp3) is 0.400. The van der Waals surface area contributed by atoms with Crippen LogP contribution in [-0.2, 0) is 4.74 Å². The second-order valence-corrected chi connectivity index (χ2v) is 3.83. The Balaban J connectivity index is 2.37. The normalized spacial score (nSPS) is 30.6. The SMILES string of the molecule is COC1=CNC(O)C2=CC(Cl)CC=C12. The van der Waals surface area contributed by atoms with Crippen LogP contribution in [0.25, 0.3) is 0 Å². The number of ether oxygens (including phenoxy) is 1. The lowest BCUT2D eigenvalue weighted by atomic mass is 9.93. The Hall–Kier alpha value is -0.930. The van der Waals surface area contributed by atoms with E-state index >= 15 is 0 Å². The second kappa shape index (κ2) is 3.67. The fourth-order valence-electron chi connectivity index (χ4n) is 1.67. The van der Waals surface area contributed by atoms with Crippen molar-refractivity contribution in [2.45, 2.75) is 18.0 Å². The van der Waals surface area contributed by atoms with Crippen molar-refractivity contribution in [1.82, 2.24) is 5.32 Å². The highest BCUT2D eigenvalue weighted by Gasteiger charge is 2.26. The molecule has 0 fully saturated rings. The monoisotopic (exact) mass is 213 g/mol. The van der Waals surface area contributed by atoms with Gasteiger partial charge in [-0.05, 0) is 6.42 Å². The van der Waals surface area contributed by atoms with Crippen molar-refractivity contribution in [3.63, 3.8) is 0 Å². The minimum Gasteiger partial charge on any atom is -0.495 e. The first kappa shape index (κ1) is 9.62. The summed E-state index contributed by atoms with van der Waals surface area (Å²) < 4.78 is 5.18. The van der Waals surface area contributed by atoms with E-state index in [-0.39, 0.29) is 5.38 Å². The van der Waals surface area contributed by atoms with Gasteiger partial charge in [-0.25, -0.2) is 0 Å². The van der Waals surface area contributed by atoms with E-state index in [1.165, 1.54) is 0 Å². The van der Waals surface area contributed by atoms with Gasteiger partial charge < -0.3 is 15.2 Å². The quantitative estimate of drug-likeness (QED) is 0.645. The first-order valence-electron chi connectivity index (χ1n) is 4.47. The maximum atomic E-state index is 9.66. The maximum Gasteiger partial charge on any atom is 0.150 e. The molecule has 3 nitrogen and oxygen atoms in total. The van der Waals surface area contributed by atoms with Gasteiger partial charge in [-0.2, -0.15) is 0 Å². The molecule has 2 N–H and O–H groups in total. The highest BCUT2D eigenvalue weighted by Crippen LogP contribution is 2.31. The third-order valence-electron chi connectivity index (χ3n) is 2.37. The number of hydrogen-bond acceptors (Lipinski definition) is 3. The number of rotatable bonds is 1. The molecule has 1 aliphatic heterocycles. The standard InChI is InChI=1S/C10H12ClNO2/c1-14-9-5-12-10(13)8-4-6(11)2-3-7(8)9/h3-6,10,12-13H,2H2,1H3. The summed E-state index contributed by atoms with van der Waals surface area (Å²) in [5, 5.41) is 12.4. The van der Waals surface area contributed by atoms with Crippen molar-refractivity contribution in [2.24, 2.45) is 0 Å². The molecular formula is C10H12ClNO2. The predicted octanol–water partition coefficient (Wildman–Crippen LogP) is 1.26. The molecular weight excluding hydrogens is 202 g/mol. The van der Waals surface area contributed by atoms with Gasteiger partial charge in [-0.1, -0.05) is 12.2 Å². The number of allylic oxidation sites excluding steroid dienone is 3. The lowest BCUT2D eigenvalue weighted by Gasteiger charge is -2.28. The molecule has 0 saturated carbocycles. The number of aliphatic hydroxyl groups excluding tert-OH is 1. The Bertz CT molecular complexity index is 333. The second-order valence-electron chi connectivity index (χ2n) is 3.27. The van der Waals surface area contributed by atoms with Crippen LogP contribution < -0.4 is 5.32 Å². The van der Waals surface area contributed by atoms with E-state index in [0.717, 1.165) is 23.3 Å². The smallest absolute Gasteiger partial charge is 0.150 e. The predicted molar refractivity (Wildman–Crippen MR) is 54.7 cm³/mol. The minimum absolute atomic E-state index is 0.0404. The van der Waals surface area contributed by atoms with Crippen LogP contribution in [-0.4, -0.2) is 23.8 Å². The Morgan fingerprint density at radius 3 is 3.14 bits per heavy atom. The third kappa shape index (κ3) is 1.53. The molecule has 0 bridgehead atoms. The summed E-state index contributed by atoms with van der Waals surface area (Å²) in [6.45, 7) is 0. The molecule has 2 aliphatic rings. The molecule has 0 aromatic heterocycles. The summed E-state index contributed by atoms with van der Waals surface area (Å²) in [6.07, 6.45) is 5.62. The molecule has 0 spiro atoms. The Kier molecular flexibility index (Phi) is 2.52. The molecule has 0 radical (unpaired) electrons. The Morgan fingerprint density at radius 1 is 1.64 bits per heavy atom. The molecule has 0 saturated heterocycles. The summed E-state index contributed by atoms with van der Waals surface area (Å²) in [7, 11) is 1.61. The average Bonchev–Trinajstić information content (AvgIpc) is 2.19. The molecule has 0 aromatic carbocycles. The van der Waals surface area contributed by atoms with Crippen LogP contribution in [0.2, 0.25) is 0 Å². The maximum absolute atomic E-state index is 9.66. The minimum atomic E-state index is -0.679. The van der Waals surface area contributed by atoms with Crippen molar-refractivity contribution in [2.75, 3.05) is 7.11 Å². The van der Waals surface area contributed by atoms with Gasteiger partial charge in [0.1, 0.15) is 5.76 Å². The van der Waals surface area contributed by atoms with Crippen molar-refractivity contribution in [3.05, 3.63) is 35.3 Å². The Labute approximate surface area is 87.7 Å². The van der Waals surface area contributed by atoms with E-state index in [1.54, 1.807) is 13.3 Å². The van der Waals surface area contributed by atoms with Gasteiger partial charge in [0.2, 0.25) is 0 Å². The summed E-state index contributed by atoms with van der Waals surface area (Å²) in [5.41, 5.74) is 1.74. The van der Waals surface area contributed by atoms with E-state index in [1.807, 2.05) is 12.2 Å². The highest BCUT2D eigenvalue weighted by molar-refractivity contribution is 6.22. The van der Waals surface area contributed by atoms with Crippen molar-refractivity contribution in [3.8, 4) is 0 Å². The number of nitrogens with one attached hydrogen (secondary N) is 1. The number of fused-ring (bicyclic) bond motifs is 1. The molecule has 1 heterocycles. The number of aliphatic hydroxyl groups is 1. The van der Waals surface area contributed by atoms with Gasteiger partial charge in [0.05, 0.1) is 12.5 Å². The van der Waals surface area contributed by atoms with Crippen LogP contribution in [0.1, 0.15) is 6.42 Å². The lowest BCUT2D eigenvalue weighted by Crippen LogP contribution is -2.33. The number of hydrogen-bond donors (Lipinski definition) is 2. The van der Waals surface area contributed by atoms with Crippen molar-refractivity contribution < 1.29 is 9.84 Å². The summed E-state index contributed by atoms with van der Waals surface area (Å²) in [6, 6.07) is 0. The number of methoxy groups -OCH3 is 1. The largest absolute Gasteiger partial charge is 0.495 e. The van der Waals surface area contributed by atoms with Gasteiger partial charge >= 0.3 is 0 Å².